The van der Waals surface area contributed by atoms with Gasteiger partial charge in [-0.1, -0.05) is 29.6 Å². The zero-order chi connectivity index (χ0) is 15.0. The second-order valence-corrected chi connectivity index (χ2v) is 6.04. The summed E-state index contributed by atoms with van der Waals surface area (Å²) in [6, 6.07) is 0. The fourth-order valence-electron chi connectivity index (χ4n) is 2.98. The summed E-state index contributed by atoms with van der Waals surface area (Å²) < 4.78 is 10.8. The molecule has 1 aromatic rings. The van der Waals surface area contributed by atoms with Gasteiger partial charge >= 0.3 is 0 Å². The van der Waals surface area contributed by atoms with Crippen LogP contribution >= 0.6 is 23.2 Å². The van der Waals surface area contributed by atoms with Crippen LogP contribution in [0.4, 0.5) is 5.69 Å². The summed E-state index contributed by atoms with van der Waals surface area (Å²) in [7, 11) is 3.16. The normalized spacial score (nSPS) is 17.5. The lowest BCUT2D eigenvalue weighted by molar-refractivity contribution is 0.352. The largest absolute Gasteiger partial charge is 0.491 e. The van der Waals surface area contributed by atoms with Crippen LogP contribution in [-0.2, 0) is 6.54 Å². The third kappa shape index (κ3) is 2.44. The van der Waals surface area contributed by atoms with Gasteiger partial charge in [-0.2, -0.15) is 0 Å². The van der Waals surface area contributed by atoms with E-state index in [1.165, 1.54) is 19.3 Å². The molecule has 6 heteroatoms. The van der Waals surface area contributed by atoms with Crippen LogP contribution < -0.4 is 9.47 Å². The van der Waals surface area contributed by atoms with Gasteiger partial charge in [0.1, 0.15) is 16.5 Å². The molecule has 0 aromatic heterocycles. The number of ether oxygens (including phenoxy) is 2. The van der Waals surface area contributed by atoms with Gasteiger partial charge in [-0.15, -0.1) is 0 Å². The Bertz CT molecular complexity index is 602. The maximum Gasteiger partial charge on any atom is 0.188 e. The molecular formula is C15H18Cl2N2O2. The molecule has 1 saturated heterocycles. The smallest absolute Gasteiger partial charge is 0.188 e. The van der Waals surface area contributed by atoms with Gasteiger partial charge in [-0.05, 0) is 12.8 Å². The highest BCUT2D eigenvalue weighted by Crippen LogP contribution is 2.51. The summed E-state index contributed by atoms with van der Waals surface area (Å²) in [4.78, 5) is 7.10. The molecule has 0 amide bonds. The third-order valence-electron chi connectivity index (χ3n) is 4.06. The van der Waals surface area contributed by atoms with Gasteiger partial charge in [0, 0.05) is 25.1 Å². The van der Waals surface area contributed by atoms with Crippen LogP contribution in [0.3, 0.4) is 0 Å². The standard InChI is InChI=1S/C15H18Cl2N2O2/c1-20-14-12(17)11(16)9-8-19-7-5-3-4-6-10(19)18-13(9)15(14)21-2/h3-8H2,1-2H3. The van der Waals surface area contributed by atoms with Gasteiger partial charge in [-0.25, -0.2) is 4.99 Å². The Labute approximate surface area is 134 Å². The van der Waals surface area contributed by atoms with Crippen LogP contribution in [0.15, 0.2) is 4.99 Å². The Kier molecular flexibility index (Phi) is 4.18. The van der Waals surface area contributed by atoms with Crippen molar-refractivity contribution in [2.24, 2.45) is 4.99 Å². The van der Waals surface area contributed by atoms with E-state index in [0.29, 0.717) is 21.5 Å². The van der Waals surface area contributed by atoms with Crippen molar-refractivity contribution in [3.63, 3.8) is 0 Å². The Morgan fingerprint density at radius 1 is 1.00 bits per heavy atom. The lowest BCUT2D eigenvalue weighted by atomic mass is 10.1. The molecule has 114 valence electrons. The monoisotopic (exact) mass is 328 g/mol. The molecule has 0 N–H and O–H groups in total. The van der Waals surface area contributed by atoms with Crippen molar-refractivity contribution in [3.05, 3.63) is 15.6 Å². The zero-order valence-corrected chi connectivity index (χ0v) is 13.7. The first-order valence-corrected chi connectivity index (χ1v) is 7.87. The lowest BCUT2D eigenvalue weighted by Crippen LogP contribution is -2.32. The number of fused-ring (bicyclic) bond motifs is 2. The average molecular weight is 329 g/mol. The van der Waals surface area contributed by atoms with E-state index in [9.17, 15) is 0 Å². The molecule has 1 fully saturated rings. The van der Waals surface area contributed by atoms with E-state index >= 15 is 0 Å². The predicted molar refractivity (Wildman–Crippen MR) is 85.5 cm³/mol. The van der Waals surface area contributed by atoms with Crippen molar-refractivity contribution in [2.75, 3.05) is 20.8 Å². The third-order valence-corrected chi connectivity index (χ3v) is 4.93. The lowest BCUT2D eigenvalue weighted by Gasteiger charge is -2.31. The van der Waals surface area contributed by atoms with Crippen LogP contribution in [-0.4, -0.2) is 31.5 Å². The molecule has 0 aliphatic carbocycles. The quantitative estimate of drug-likeness (QED) is 0.805. The van der Waals surface area contributed by atoms with Crippen LogP contribution in [0.5, 0.6) is 11.5 Å². The number of benzene rings is 1. The number of methoxy groups -OCH3 is 2. The Balaban J connectivity index is 2.19. The fourth-order valence-corrected chi connectivity index (χ4v) is 3.49. The topological polar surface area (TPSA) is 34.1 Å². The van der Waals surface area contributed by atoms with Crippen LogP contribution in [0.2, 0.25) is 10.0 Å². The summed E-state index contributed by atoms with van der Waals surface area (Å²) in [5, 5.41) is 0.902. The molecule has 1 aromatic carbocycles. The molecule has 0 bridgehead atoms. The summed E-state index contributed by atoms with van der Waals surface area (Å²) in [6.07, 6.45) is 4.59. The molecule has 2 aliphatic rings. The summed E-state index contributed by atoms with van der Waals surface area (Å²) >= 11 is 12.8. The number of nitrogens with zero attached hydrogens (tertiary/aromatic N) is 2. The van der Waals surface area contributed by atoms with Crippen molar-refractivity contribution in [1.82, 2.24) is 4.90 Å². The minimum Gasteiger partial charge on any atom is -0.491 e. The molecule has 0 spiro atoms. The van der Waals surface area contributed by atoms with E-state index in [-0.39, 0.29) is 0 Å². The maximum absolute atomic E-state index is 6.43. The minimum atomic E-state index is 0.392. The van der Waals surface area contributed by atoms with Gasteiger partial charge in [0.25, 0.3) is 0 Å². The van der Waals surface area contributed by atoms with E-state index in [0.717, 1.165) is 36.6 Å². The Morgan fingerprint density at radius 2 is 1.76 bits per heavy atom. The average Bonchev–Trinajstić information content (AvgIpc) is 2.73. The van der Waals surface area contributed by atoms with Crippen molar-refractivity contribution in [1.29, 1.82) is 0 Å². The first-order chi connectivity index (χ1) is 10.2. The number of halogens is 2. The highest BCUT2D eigenvalue weighted by Gasteiger charge is 2.30. The number of rotatable bonds is 2. The van der Waals surface area contributed by atoms with E-state index in [1.54, 1.807) is 14.2 Å². The predicted octanol–water partition coefficient (Wildman–Crippen LogP) is 4.43. The minimum absolute atomic E-state index is 0.392. The second kappa shape index (κ2) is 5.93. The van der Waals surface area contributed by atoms with E-state index < -0.39 is 0 Å². The van der Waals surface area contributed by atoms with Gasteiger partial charge in [0.05, 0.1) is 19.2 Å². The Hall–Kier alpha value is -1.13. The Morgan fingerprint density at radius 3 is 2.48 bits per heavy atom. The highest BCUT2D eigenvalue weighted by atomic mass is 35.5. The van der Waals surface area contributed by atoms with Crippen molar-refractivity contribution < 1.29 is 9.47 Å². The first kappa shape index (κ1) is 14.8. The molecule has 0 atom stereocenters. The van der Waals surface area contributed by atoms with E-state index in [1.807, 2.05) is 0 Å². The van der Waals surface area contributed by atoms with Crippen molar-refractivity contribution in [2.45, 2.75) is 32.2 Å². The molecule has 0 unspecified atom stereocenters. The number of amidine groups is 1. The number of hydrogen-bond donors (Lipinski definition) is 0. The summed E-state index contributed by atoms with van der Waals surface area (Å²) in [5.74, 6) is 2.13. The molecule has 0 radical (unpaired) electrons. The van der Waals surface area contributed by atoms with Gasteiger partial charge < -0.3 is 14.4 Å². The van der Waals surface area contributed by atoms with Gasteiger partial charge in [-0.3, -0.25) is 0 Å². The number of hydrogen-bond acceptors (Lipinski definition) is 4. The van der Waals surface area contributed by atoms with E-state index in [4.69, 9.17) is 37.7 Å². The highest BCUT2D eigenvalue weighted by molar-refractivity contribution is 6.44. The van der Waals surface area contributed by atoms with Crippen LogP contribution in [0, 0.1) is 0 Å². The maximum atomic E-state index is 6.43. The first-order valence-electron chi connectivity index (χ1n) is 7.11. The fraction of sp³-hybridized carbons (Fsp3) is 0.533. The van der Waals surface area contributed by atoms with E-state index in [2.05, 4.69) is 4.90 Å². The molecule has 2 aliphatic heterocycles. The van der Waals surface area contributed by atoms with Gasteiger partial charge in [0.15, 0.2) is 11.5 Å². The van der Waals surface area contributed by atoms with Crippen LogP contribution in [0.1, 0.15) is 31.2 Å². The molecule has 2 heterocycles. The number of aliphatic imine (C=N–C) groups is 1. The molecule has 21 heavy (non-hydrogen) atoms. The molecule has 0 saturated carbocycles. The van der Waals surface area contributed by atoms with Crippen molar-refractivity contribution in [3.8, 4) is 11.5 Å². The second-order valence-electron chi connectivity index (χ2n) is 5.28. The van der Waals surface area contributed by atoms with Crippen molar-refractivity contribution >= 4 is 34.7 Å². The zero-order valence-electron chi connectivity index (χ0n) is 12.2. The summed E-state index contributed by atoms with van der Waals surface area (Å²) in [5.41, 5.74) is 1.68. The SMILES string of the molecule is COc1c(Cl)c(Cl)c2c(c1OC)N=C1CCCCCN1C2. The summed E-state index contributed by atoms with van der Waals surface area (Å²) in [6.45, 7) is 1.74. The van der Waals surface area contributed by atoms with Crippen LogP contribution in [0.25, 0.3) is 0 Å². The molecule has 3 rings (SSSR count). The molecular weight excluding hydrogens is 311 g/mol. The molecule has 4 nitrogen and oxygen atoms in total. The van der Waals surface area contributed by atoms with Gasteiger partial charge in [0.2, 0.25) is 0 Å².